The lowest BCUT2D eigenvalue weighted by Crippen LogP contribution is -2.28. The molecule has 1 saturated heterocycles. The minimum absolute atomic E-state index is 0.0513. The van der Waals surface area contributed by atoms with Gasteiger partial charge >= 0.3 is 0 Å². The van der Waals surface area contributed by atoms with Gasteiger partial charge in [-0.05, 0) is 35.8 Å². The Morgan fingerprint density at radius 3 is 2.93 bits per heavy atom. The van der Waals surface area contributed by atoms with Crippen LogP contribution in [0.1, 0.15) is 16.8 Å². The lowest BCUT2D eigenvalue weighted by molar-refractivity contribution is 0.0951. The predicted molar refractivity (Wildman–Crippen MR) is 97.4 cm³/mol. The number of aromatic nitrogens is 6. The van der Waals surface area contributed by atoms with Crippen LogP contribution in [0.3, 0.4) is 0 Å². The van der Waals surface area contributed by atoms with E-state index in [1.807, 2.05) is 4.90 Å². The van der Waals surface area contributed by atoms with Crippen LogP contribution in [0.5, 0.6) is 0 Å². The van der Waals surface area contributed by atoms with E-state index in [1.54, 1.807) is 10.6 Å². The molecule has 0 radical (unpaired) electrons. The van der Waals surface area contributed by atoms with Gasteiger partial charge in [-0.25, -0.2) is 14.4 Å². The molecule has 3 atom stereocenters. The third-order valence-corrected chi connectivity index (χ3v) is 5.73. The lowest BCUT2D eigenvalue weighted by atomic mass is 10.2. The minimum Gasteiger partial charge on any atom is -0.353 e. The molecule has 0 spiro atoms. The van der Waals surface area contributed by atoms with Crippen LogP contribution in [0.25, 0.3) is 5.78 Å². The molecule has 1 aliphatic heterocycles. The summed E-state index contributed by atoms with van der Waals surface area (Å²) in [7, 11) is 0. The van der Waals surface area contributed by atoms with E-state index in [2.05, 4.69) is 30.5 Å². The van der Waals surface area contributed by atoms with Crippen molar-refractivity contribution in [2.75, 3.05) is 24.5 Å². The van der Waals surface area contributed by atoms with Crippen LogP contribution in [0.15, 0.2) is 24.9 Å². The number of nitrogens with zero attached hydrogens (tertiary/aromatic N) is 7. The topological polar surface area (TPSA) is 101 Å². The second-order valence-electron chi connectivity index (χ2n) is 7.13. The summed E-state index contributed by atoms with van der Waals surface area (Å²) in [6.45, 7) is 2.09. The Morgan fingerprint density at radius 1 is 1.29 bits per heavy atom. The third-order valence-electron chi connectivity index (χ3n) is 5.54. The van der Waals surface area contributed by atoms with Gasteiger partial charge in [0.2, 0.25) is 5.28 Å². The van der Waals surface area contributed by atoms with E-state index >= 15 is 0 Å². The number of carbonyl (C=O) groups excluding carboxylic acids is 1. The van der Waals surface area contributed by atoms with Gasteiger partial charge in [0, 0.05) is 32.0 Å². The summed E-state index contributed by atoms with van der Waals surface area (Å²) in [5.41, 5.74) is 0.464. The van der Waals surface area contributed by atoms with Gasteiger partial charge in [0.1, 0.15) is 6.33 Å². The lowest BCUT2D eigenvalue weighted by Gasteiger charge is -2.21. The molecular formula is C17H16ClFN8O. The minimum atomic E-state index is -0.451. The predicted octanol–water partition coefficient (Wildman–Crippen LogP) is 1.21. The fraction of sp³-hybridized carbons (Fsp3) is 0.412. The molecule has 2 fully saturated rings. The molecule has 11 heteroatoms. The molecule has 1 saturated carbocycles. The molecule has 2 aliphatic rings. The van der Waals surface area contributed by atoms with Crippen molar-refractivity contribution in [1.82, 2.24) is 34.9 Å². The first kappa shape index (κ1) is 17.2. The van der Waals surface area contributed by atoms with Crippen LogP contribution < -0.4 is 10.2 Å². The Morgan fingerprint density at radius 2 is 2.11 bits per heavy atom. The molecule has 4 heterocycles. The van der Waals surface area contributed by atoms with E-state index in [-0.39, 0.29) is 17.0 Å². The third kappa shape index (κ3) is 3.03. The molecule has 0 bridgehead atoms. The summed E-state index contributed by atoms with van der Waals surface area (Å²) in [6.07, 6.45) is 6.65. The maximum absolute atomic E-state index is 13.9. The van der Waals surface area contributed by atoms with Gasteiger partial charge in [-0.3, -0.25) is 9.20 Å². The normalized spacial score (nSPS) is 23.1. The average Bonchev–Trinajstić information content (AvgIpc) is 3.08. The molecule has 0 unspecified atom stereocenters. The molecule has 1 aliphatic carbocycles. The number of piperidine rings is 1. The van der Waals surface area contributed by atoms with Crippen molar-refractivity contribution >= 4 is 29.1 Å². The number of nitrogens with one attached hydrogen (secondary N) is 1. The largest absolute Gasteiger partial charge is 0.353 e. The Kier molecular flexibility index (Phi) is 4.08. The van der Waals surface area contributed by atoms with Gasteiger partial charge in [0.15, 0.2) is 11.6 Å². The molecule has 0 aromatic carbocycles. The summed E-state index contributed by atoms with van der Waals surface area (Å²) < 4.78 is 15.5. The summed E-state index contributed by atoms with van der Waals surface area (Å²) in [5, 5.41) is 10.5. The average molecular weight is 403 g/mol. The van der Waals surface area contributed by atoms with Gasteiger partial charge in [-0.1, -0.05) is 0 Å². The summed E-state index contributed by atoms with van der Waals surface area (Å²) in [4.78, 5) is 25.9. The molecule has 5 rings (SSSR count). The Bertz CT molecular complexity index is 1050. The van der Waals surface area contributed by atoms with Crippen LogP contribution in [-0.4, -0.2) is 55.1 Å². The Hall–Kier alpha value is -2.88. The maximum atomic E-state index is 13.9. The maximum Gasteiger partial charge on any atom is 0.254 e. The SMILES string of the molecule is O=C(NCC[C@@H]1[C@H]2CN(c3nc(Cl)ncc3F)C[C@@H]12)c1cnc2nncn2c1. The number of carbonyl (C=O) groups is 1. The van der Waals surface area contributed by atoms with E-state index < -0.39 is 5.82 Å². The van der Waals surface area contributed by atoms with Crippen LogP contribution in [0.2, 0.25) is 5.28 Å². The summed E-state index contributed by atoms with van der Waals surface area (Å²) in [6, 6.07) is 0. The molecule has 9 nitrogen and oxygen atoms in total. The Balaban J connectivity index is 1.12. The smallest absolute Gasteiger partial charge is 0.254 e. The number of fused-ring (bicyclic) bond motifs is 2. The van der Waals surface area contributed by atoms with Crippen molar-refractivity contribution in [1.29, 1.82) is 0 Å². The van der Waals surface area contributed by atoms with Gasteiger partial charge in [0.25, 0.3) is 11.7 Å². The molecular weight excluding hydrogens is 387 g/mol. The summed E-state index contributed by atoms with van der Waals surface area (Å²) >= 11 is 5.78. The summed E-state index contributed by atoms with van der Waals surface area (Å²) in [5.74, 6) is 1.64. The van der Waals surface area contributed by atoms with Crippen molar-refractivity contribution in [3.8, 4) is 0 Å². The molecule has 3 aromatic heterocycles. The number of hydrogen-bond acceptors (Lipinski definition) is 7. The van der Waals surface area contributed by atoms with Gasteiger partial charge in [0.05, 0.1) is 11.8 Å². The van der Waals surface area contributed by atoms with Gasteiger partial charge < -0.3 is 10.2 Å². The number of amides is 1. The number of halogens is 2. The quantitative estimate of drug-likeness (QED) is 0.640. The number of rotatable bonds is 5. The van der Waals surface area contributed by atoms with Crippen molar-refractivity contribution in [2.24, 2.45) is 17.8 Å². The zero-order chi connectivity index (χ0) is 19.3. The van der Waals surface area contributed by atoms with Crippen molar-refractivity contribution in [3.63, 3.8) is 0 Å². The molecule has 1 N–H and O–H groups in total. The zero-order valence-electron chi connectivity index (χ0n) is 14.7. The van der Waals surface area contributed by atoms with Crippen molar-refractivity contribution in [3.05, 3.63) is 41.6 Å². The molecule has 28 heavy (non-hydrogen) atoms. The highest BCUT2D eigenvalue weighted by Crippen LogP contribution is 2.54. The molecule has 3 aromatic rings. The van der Waals surface area contributed by atoms with Gasteiger partial charge in [-0.15, -0.1) is 10.2 Å². The first-order chi connectivity index (χ1) is 13.6. The van der Waals surface area contributed by atoms with Crippen molar-refractivity contribution in [2.45, 2.75) is 6.42 Å². The van der Waals surface area contributed by atoms with E-state index in [9.17, 15) is 9.18 Å². The highest BCUT2D eigenvalue weighted by molar-refractivity contribution is 6.28. The van der Waals surface area contributed by atoms with Crippen LogP contribution in [-0.2, 0) is 0 Å². The number of hydrogen-bond donors (Lipinski definition) is 1. The van der Waals surface area contributed by atoms with Crippen LogP contribution >= 0.6 is 11.6 Å². The number of anilines is 1. The highest BCUT2D eigenvalue weighted by Gasteiger charge is 2.55. The van der Waals surface area contributed by atoms with Crippen LogP contribution in [0, 0.1) is 23.6 Å². The van der Waals surface area contributed by atoms with Gasteiger partial charge in [-0.2, -0.15) is 4.98 Å². The second-order valence-corrected chi connectivity index (χ2v) is 7.47. The first-order valence-corrected chi connectivity index (χ1v) is 9.34. The standard InChI is InChI=1S/C17H16ClFN8O/c18-16-21-4-13(19)14(24-16)26-6-11-10(12(11)7-26)1-2-20-15(28)9-3-22-17-25-23-8-27(17)5-9/h3-5,8,10-12H,1-2,6-7H2,(H,20,28)/t10-,11-,12+. The molecule has 1 amide bonds. The van der Waals surface area contributed by atoms with E-state index in [0.29, 0.717) is 35.6 Å². The van der Waals surface area contributed by atoms with Crippen molar-refractivity contribution < 1.29 is 9.18 Å². The van der Waals surface area contributed by atoms with E-state index in [1.165, 1.54) is 12.5 Å². The first-order valence-electron chi connectivity index (χ1n) is 8.97. The second kappa shape index (κ2) is 6.62. The fourth-order valence-electron chi connectivity index (χ4n) is 4.11. The highest BCUT2D eigenvalue weighted by atomic mass is 35.5. The Labute approximate surface area is 164 Å². The monoisotopic (exact) mass is 402 g/mol. The molecule has 144 valence electrons. The van der Waals surface area contributed by atoms with Crippen LogP contribution in [0.4, 0.5) is 10.2 Å². The fourth-order valence-corrected chi connectivity index (χ4v) is 4.24. The van der Waals surface area contributed by atoms with E-state index in [4.69, 9.17) is 11.6 Å². The zero-order valence-corrected chi connectivity index (χ0v) is 15.4. The van der Waals surface area contributed by atoms with E-state index in [0.717, 1.165) is 25.7 Å².